The molecule has 0 aliphatic carbocycles. The third-order valence-corrected chi connectivity index (χ3v) is 4.99. The Balaban J connectivity index is 1.42. The van der Waals surface area contributed by atoms with E-state index in [1.165, 1.54) is 5.56 Å². The van der Waals surface area contributed by atoms with Gasteiger partial charge in [0.25, 0.3) is 0 Å². The zero-order valence-electron chi connectivity index (χ0n) is 16.4. The van der Waals surface area contributed by atoms with Gasteiger partial charge in [0.15, 0.2) is 0 Å². The lowest BCUT2D eigenvalue weighted by Gasteiger charge is -2.17. The maximum atomic E-state index is 12.4. The molecule has 0 radical (unpaired) electrons. The minimum Gasteiger partial charge on any atom is -0.494 e. The number of hydrogen-bond donors (Lipinski definition) is 1. The van der Waals surface area contributed by atoms with E-state index >= 15 is 0 Å². The summed E-state index contributed by atoms with van der Waals surface area (Å²) in [6.07, 6.45) is 3.25. The normalized spacial score (nSPS) is 16.2. The number of unbranched alkanes of at least 4 members (excludes halogenated alkanes) is 1. The van der Waals surface area contributed by atoms with E-state index in [9.17, 15) is 9.59 Å². The number of nitrogens with zero attached hydrogens (tertiary/aromatic N) is 1. The SMILES string of the molecule is CCOc1ccc(N2C[C@@H](C(=O)NCCCCc3ccccc3)CC2=O)cc1. The van der Waals surface area contributed by atoms with E-state index < -0.39 is 0 Å². The zero-order valence-corrected chi connectivity index (χ0v) is 16.4. The van der Waals surface area contributed by atoms with E-state index in [-0.39, 0.29) is 24.2 Å². The average Bonchev–Trinajstić information content (AvgIpc) is 3.11. The van der Waals surface area contributed by atoms with Gasteiger partial charge in [-0.15, -0.1) is 0 Å². The molecule has 0 spiro atoms. The summed E-state index contributed by atoms with van der Waals surface area (Å²) < 4.78 is 5.43. The smallest absolute Gasteiger partial charge is 0.227 e. The van der Waals surface area contributed by atoms with Crippen LogP contribution in [0.4, 0.5) is 5.69 Å². The Kier molecular flexibility index (Phi) is 7.06. The van der Waals surface area contributed by atoms with Crippen LogP contribution in [-0.2, 0) is 16.0 Å². The topological polar surface area (TPSA) is 58.6 Å². The van der Waals surface area contributed by atoms with Crippen molar-refractivity contribution in [2.24, 2.45) is 5.92 Å². The summed E-state index contributed by atoms with van der Waals surface area (Å²) in [6.45, 7) is 3.63. The van der Waals surface area contributed by atoms with Crippen LogP contribution in [0.15, 0.2) is 54.6 Å². The second-order valence-corrected chi connectivity index (χ2v) is 7.07. The molecule has 0 bridgehead atoms. The molecule has 28 heavy (non-hydrogen) atoms. The zero-order chi connectivity index (χ0) is 19.8. The quantitative estimate of drug-likeness (QED) is 0.677. The first-order valence-corrected chi connectivity index (χ1v) is 10.0. The highest BCUT2D eigenvalue weighted by Gasteiger charge is 2.34. The van der Waals surface area contributed by atoms with Crippen molar-refractivity contribution >= 4 is 17.5 Å². The molecule has 1 fully saturated rings. The van der Waals surface area contributed by atoms with Crippen LogP contribution in [0.5, 0.6) is 5.75 Å². The first kappa shape index (κ1) is 19.9. The molecule has 1 atom stereocenters. The summed E-state index contributed by atoms with van der Waals surface area (Å²) in [4.78, 5) is 26.5. The van der Waals surface area contributed by atoms with E-state index in [4.69, 9.17) is 4.74 Å². The fraction of sp³-hybridized carbons (Fsp3) is 0.391. The van der Waals surface area contributed by atoms with Crippen LogP contribution in [0.2, 0.25) is 0 Å². The van der Waals surface area contributed by atoms with Gasteiger partial charge in [0.05, 0.1) is 12.5 Å². The molecule has 1 saturated heterocycles. The number of aryl methyl sites for hydroxylation is 1. The number of benzene rings is 2. The summed E-state index contributed by atoms with van der Waals surface area (Å²) in [5.41, 5.74) is 2.13. The highest BCUT2D eigenvalue weighted by atomic mass is 16.5. The van der Waals surface area contributed by atoms with Crippen LogP contribution in [-0.4, -0.2) is 31.5 Å². The summed E-state index contributed by atoms with van der Waals surface area (Å²) in [6, 6.07) is 17.8. The van der Waals surface area contributed by atoms with Gasteiger partial charge in [-0.05, 0) is 56.0 Å². The lowest BCUT2D eigenvalue weighted by molar-refractivity contribution is -0.126. The molecule has 2 amide bonds. The minimum atomic E-state index is -0.284. The molecule has 1 N–H and O–H groups in total. The van der Waals surface area contributed by atoms with Crippen LogP contribution in [0.1, 0.15) is 31.7 Å². The number of amides is 2. The van der Waals surface area contributed by atoms with Crippen molar-refractivity contribution in [3.8, 4) is 5.75 Å². The molecule has 3 rings (SSSR count). The van der Waals surface area contributed by atoms with Crippen molar-refractivity contribution in [1.29, 1.82) is 0 Å². The van der Waals surface area contributed by atoms with Crippen molar-refractivity contribution in [3.63, 3.8) is 0 Å². The number of hydrogen-bond acceptors (Lipinski definition) is 3. The molecule has 5 heteroatoms. The molecule has 148 valence electrons. The minimum absolute atomic E-state index is 0.00612. The molecule has 1 aliphatic heterocycles. The molecule has 1 heterocycles. The predicted molar refractivity (Wildman–Crippen MR) is 110 cm³/mol. The van der Waals surface area contributed by atoms with Crippen LogP contribution in [0.3, 0.4) is 0 Å². The van der Waals surface area contributed by atoms with Crippen molar-refractivity contribution in [2.45, 2.75) is 32.6 Å². The predicted octanol–water partition coefficient (Wildman–Crippen LogP) is 3.58. The van der Waals surface area contributed by atoms with Crippen LogP contribution in [0, 0.1) is 5.92 Å². The van der Waals surface area contributed by atoms with Gasteiger partial charge in [0, 0.05) is 25.2 Å². The number of carbonyl (C=O) groups is 2. The molecule has 0 unspecified atom stereocenters. The van der Waals surface area contributed by atoms with E-state index in [2.05, 4.69) is 17.4 Å². The fourth-order valence-corrected chi connectivity index (χ4v) is 3.48. The summed E-state index contributed by atoms with van der Waals surface area (Å²) in [5.74, 6) is 0.464. The third kappa shape index (κ3) is 5.35. The van der Waals surface area contributed by atoms with E-state index in [0.717, 1.165) is 30.7 Å². The first-order valence-electron chi connectivity index (χ1n) is 10.0. The van der Waals surface area contributed by atoms with Crippen molar-refractivity contribution < 1.29 is 14.3 Å². The van der Waals surface area contributed by atoms with Gasteiger partial charge in [-0.2, -0.15) is 0 Å². The van der Waals surface area contributed by atoms with Gasteiger partial charge in [0.1, 0.15) is 5.75 Å². The lowest BCUT2D eigenvalue weighted by atomic mass is 10.1. The number of anilines is 1. The number of carbonyl (C=O) groups excluding carboxylic acids is 2. The van der Waals surface area contributed by atoms with Crippen LogP contribution in [0.25, 0.3) is 0 Å². The van der Waals surface area contributed by atoms with Gasteiger partial charge in [-0.3, -0.25) is 9.59 Å². The lowest BCUT2D eigenvalue weighted by Crippen LogP contribution is -2.33. The van der Waals surface area contributed by atoms with Gasteiger partial charge in [-0.25, -0.2) is 0 Å². The number of ether oxygens (including phenoxy) is 1. The van der Waals surface area contributed by atoms with Crippen molar-refractivity contribution in [3.05, 3.63) is 60.2 Å². The highest BCUT2D eigenvalue weighted by molar-refractivity contribution is 6.00. The van der Waals surface area contributed by atoms with Gasteiger partial charge < -0.3 is 15.0 Å². The Bertz CT molecular complexity index is 774. The standard InChI is InChI=1S/C23H28N2O3/c1-2-28-21-13-11-20(12-14-21)25-17-19(16-22(25)26)23(27)24-15-7-6-10-18-8-4-3-5-9-18/h3-5,8-9,11-14,19H,2,6-7,10,15-17H2,1H3,(H,24,27)/t19-/m0/s1. The molecule has 0 aromatic heterocycles. The Hall–Kier alpha value is -2.82. The molecule has 2 aromatic rings. The summed E-state index contributed by atoms with van der Waals surface area (Å²) >= 11 is 0. The Morgan fingerprint density at radius 3 is 2.57 bits per heavy atom. The van der Waals surface area contributed by atoms with Gasteiger partial charge >= 0.3 is 0 Å². The maximum absolute atomic E-state index is 12.4. The molecule has 2 aromatic carbocycles. The monoisotopic (exact) mass is 380 g/mol. The second-order valence-electron chi connectivity index (χ2n) is 7.07. The Morgan fingerprint density at radius 1 is 1.11 bits per heavy atom. The van der Waals surface area contributed by atoms with E-state index in [1.54, 1.807) is 4.90 Å². The molecular formula is C23H28N2O3. The van der Waals surface area contributed by atoms with Crippen LogP contribution >= 0.6 is 0 Å². The molecular weight excluding hydrogens is 352 g/mol. The van der Waals surface area contributed by atoms with Crippen molar-refractivity contribution in [1.82, 2.24) is 5.32 Å². The number of rotatable bonds is 9. The number of nitrogens with one attached hydrogen (secondary N) is 1. The summed E-state index contributed by atoms with van der Waals surface area (Å²) in [5, 5.41) is 2.99. The summed E-state index contributed by atoms with van der Waals surface area (Å²) in [7, 11) is 0. The first-order chi connectivity index (χ1) is 13.7. The molecule has 5 nitrogen and oxygen atoms in total. The largest absolute Gasteiger partial charge is 0.494 e. The van der Waals surface area contributed by atoms with Gasteiger partial charge in [0.2, 0.25) is 11.8 Å². The Labute approximate surface area is 166 Å². The Morgan fingerprint density at radius 2 is 1.86 bits per heavy atom. The van der Waals surface area contributed by atoms with Crippen LogP contribution < -0.4 is 15.0 Å². The molecule has 0 saturated carbocycles. The van der Waals surface area contributed by atoms with Gasteiger partial charge in [-0.1, -0.05) is 30.3 Å². The maximum Gasteiger partial charge on any atom is 0.227 e. The second kappa shape index (κ2) is 9.93. The highest BCUT2D eigenvalue weighted by Crippen LogP contribution is 2.27. The average molecular weight is 380 g/mol. The van der Waals surface area contributed by atoms with E-state index in [0.29, 0.717) is 19.7 Å². The molecule has 1 aliphatic rings. The fourth-order valence-electron chi connectivity index (χ4n) is 3.48. The van der Waals surface area contributed by atoms with Crippen molar-refractivity contribution in [2.75, 3.05) is 24.6 Å². The third-order valence-electron chi connectivity index (χ3n) is 4.99. The van der Waals surface area contributed by atoms with E-state index in [1.807, 2.05) is 49.4 Å².